The zero-order chi connectivity index (χ0) is 20.7. The fraction of sp³-hybridized carbons (Fsp3) is 0.391. The van der Waals surface area contributed by atoms with Crippen LogP contribution in [0.15, 0.2) is 53.4 Å². The van der Waals surface area contributed by atoms with Crippen molar-refractivity contribution in [3.8, 4) is 0 Å². The van der Waals surface area contributed by atoms with Gasteiger partial charge in [0, 0.05) is 49.7 Å². The average Bonchev–Trinajstić information content (AvgIpc) is 3.28. The molecule has 5 rings (SSSR count). The molecule has 156 valence electrons. The maximum Gasteiger partial charge on any atom is 0.257 e. The van der Waals surface area contributed by atoms with Gasteiger partial charge in [-0.3, -0.25) is 14.5 Å². The fourth-order valence-electron chi connectivity index (χ4n) is 4.63. The molecule has 0 aromatic heterocycles. The topological polar surface area (TPSA) is 55.9 Å². The highest BCUT2D eigenvalue weighted by molar-refractivity contribution is 8.02. The molecule has 2 aromatic carbocycles. The largest absolute Gasteiger partial charge is 0.369 e. The molecule has 0 spiro atoms. The van der Waals surface area contributed by atoms with Crippen molar-refractivity contribution in [2.75, 3.05) is 43.0 Å². The minimum atomic E-state index is -0.858. The van der Waals surface area contributed by atoms with Crippen molar-refractivity contribution >= 4 is 35.0 Å². The maximum absolute atomic E-state index is 13.4. The Labute approximate surface area is 181 Å². The molecule has 0 saturated carbocycles. The molecule has 0 aliphatic carbocycles. The second-order valence-corrected chi connectivity index (χ2v) is 9.50. The summed E-state index contributed by atoms with van der Waals surface area (Å²) >= 11 is 1.51. The van der Waals surface area contributed by atoms with Gasteiger partial charge >= 0.3 is 0 Å². The SMILES string of the molecule is CN1CCN(c2ccccc2CNC(=O)C23CCC(=O)N2c2ccccc2S3)CC1. The summed E-state index contributed by atoms with van der Waals surface area (Å²) in [7, 11) is 2.15. The van der Waals surface area contributed by atoms with Gasteiger partial charge in [-0.2, -0.15) is 0 Å². The summed E-state index contributed by atoms with van der Waals surface area (Å²) < 4.78 is 0. The lowest BCUT2D eigenvalue weighted by Crippen LogP contribution is -2.52. The summed E-state index contributed by atoms with van der Waals surface area (Å²) in [5.74, 6) is -0.0526. The lowest BCUT2D eigenvalue weighted by Gasteiger charge is -2.35. The van der Waals surface area contributed by atoms with Crippen LogP contribution in [0.5, 0.6) is 0 Å². The quantitative estimate of drug-likeness (QED) is 0.821. The number of anilines is 2. The Bertz CT molecular complexity index is 989. The molecule has 2 fully saturated rings. The molecule has 0 radical (unpaired) electrons. The number of nitrogens with zero attached hydrogens (tertiary/aromatic N) is 3. The molecule has 30 heavy (non-hydrogen) atoms. The zero-order valence-corrected chi connectivity index (χ0v) is 18.0. The molecule has 3 aliphatic rings. The van der Waals surface area contributed by atoms with E-state index in [0.717, 1.165) is 42.3 Å². The summed E-state index contributed by atoms with van der Waals surface area (Å²) in [6, 6.07) is 16.1. The Balaban J connectivity index is 1.35. The van der Waals surface area contributed by atoms with Crippen molar-refractivity contribution in [3.05, 3.63) is 54.1 Å². The number of carbonyl (C=O) groups excluding carboxylic acids is 2. The maximum atomic E-state index is 13.4. The van der Waals surface area contributed by atoms with Crippen molar-refractivity contribution in [2.45, 2.75) is 29.2 Å². The molecule has 6 nitrogen and oxygen atoms in total. The molecule has 0 bridgehead atoms. The van der Waals surface area contributed by atoms with Gasteiger partial charge < -0.3 is 15.1 Å². The first-order chi connectivity index (χ1) is 14.6. The van der Waals surface area contributed by atoms with Gasteiger partial charge in [0.25, 0.3) is 5.91 Å². The van der Waals surface area contributed by atoms with E-state index in [0.29, 0.717) is 19.4 Å². The standard InChI is InChI=1S/C23H26N4O2S/c1-25-12-14-26(15-13-25)18-7-3-2-6-17(18)16-24-22(29)23-11-10-21(28)27(23)19-8-4-5-9-20(19)30-23/h2-9H,10-16H2,1H3,(H,24,29). The predicted molar refractivity (Wildman–Crippen MR) is 120 cm³/mol. The van der Waals surface area contributed by atoms with Crippen LogP contribution in [0.2, 0.25) is 0 Å². The van der Waals surface area contributed by atoms with Gasteiger partial charge in [-0.05, 0) is 37.2 Å². The number of rotatable bonds is 4. The van der Waals surface area contributed by atoms with Crippen molar-refractivity contribution in [1.82, 2.24) is 10.2 Å². The average molecular weight is 423 g/mol. The first kappa shape index (κ1) is 19.5. The number of nitrogens with one attached hydrogen (secondary N) is 1. The van der Waals surface area contributed by atoms with E-state index in [4.69, 9.17) is 0 Å². The number of likely N-dealkylation sites (N-methyl/N-ethyl adjacent to an activating group) is 1. The van der Waals surface area contributed by atoms with Gasteiger partial charge in [0.1, 0.15) is 0 Å². The highest BCUT2D eigenvalue weighted by atomic mass is 32.2. The number of fused-ring (bicyclic) bond motifs is 3. The number of hydrogen-bond donors (Lipinski definition) is 1. The van der Waals surface area contributed by atoms with E-state index in [1.54, 1.807) is 4.90 Å². The molecule has 2 saturated heterocycles. The lowest BCUT2D eigenvalue weighted by molar-refractivity contribution is -0.124. The fourth-order valence-corrected chi connectivity index (χ4v) is 6.06. The van der Waals surface area contributed by atoms with Crippen molar-refractivity contribution < 1.29 is 9.59 Å². The summed E-state index contributed by atoms with van der Waals surface area (Å²) in [4.78, 5) is 32.6. The summed E-state index contributed by atoms with van der Waals surface area (Å²) in [5.41, 5.74) is 3.16. The number of thioether (sulfide) groups is 1. The van der Waals surface area contributed by atoms with Crippen molar-refractivity contribution in [3.63, 3.8) is 0 Å². The molecule has 1 atom stereocenters. The van der Waals surface area contributed by atoms with Gasteiger partial charge in [-0.15, -0.1) is 0 Å². The predicted octanol–water partition coefficient (Wildman–Crippen LogP) is 2.68. The Kier molecular flexibility index (Phi) is 4.95. The Morgan fingerprint density at radius 1 is 1.03 bits per heavy atom. The summed E-state index contributed by atoms with van der Waals surface area (Å²) in [6.07, 6.45) is 0.948. The lowest BCUT2D eigenvalue weighted by atomic mass is 10.1. The number of carbonyl (C=O) groups is 2. The van der Waals surface area contributed by atoms with Gasteiger partial charge in [-0.1, -0.05) is 42.1 Å². The molecule has 2 aromatic rings. The second kappa shape index (κ2) is 7.63. The minimum absolute atomic E-state index is 0.0282. The van der Waals surface area contributed by atoms with E-state index < -0.39 is 4.87 Å². The number of para-hydroxylation sites is 2. The monoisotopic (exact) mass is 422 g/mol. The van der Waals surface area contributed by atoms with E-state index in [-0.39, 0.29) is 11.8 Å². The van der Waals surface area contributed by atoms with Crippen LogP contribution in [0.3, 0.4) is 0 Å². The van der Waals surface area contributed by atoms with Gasteiger partial charge in [0.15, 0.2) is 4.87 Å². The summed E-state index contributed by atoms with van der Waals surface area (Å²) in [6.45, 7) is 4.51. The number of hydrogen-bond acceptors (Lipinski definition) is 5. The van der Waals surface area contributed by atoms with Crippen LogP contribution >= 0.6 is 11.8 Å². The second-order valence-electron chi connectivity index (χ2n) is 8.19. The third-order valence-electron chi connectivity index (χ3n) is 6.30. The molecule has 7 heteroatoms. The first-order valence-electron chi connectivity index (χ1n) is 10.5. The molecule has 1 unspecified atom stereocenters. The Morgan fingerprint density at radius 3 is 2.53 bits per heavy atom. The van der Waals surface area contributed by atoms with Gasteiger partial charge in [0.2, 0.25) is 5.91 Å². The van der Waals surface area contributed by atoms with Crippen LogP contribution in [0.4, 0.5) is 11.4 Å². The minimum Gasteiger partial charge on any atom is -0.369 e. The van der Waals surface area contributed by atoms with Crippen LogP contribution in [-0.4, -0.2) is 54.8 Å². The number of piperazine rings is 1. The van der Waals surface area contributed by atoms with E-state index in [1.165, 1.54) is 17.4 Å². The normalized spacial score (nSPS) is 23.4. The molecule has 3 heterocycles. The molecular weight excluding hydrogens is 396 g/mol. The third kappa shape index (κ3) is 3.17. The molecule has 2 amide bonds. The third-order valence-corrected chi connectivity index (χ3v) is 7.78. The van der Waals surface area contributed by atoms with E-state index in [2.05, 4.69) is 40.4 Å². The number of benzene rings is 2. The Hall–Kier alpha value is -2.51. The van der Waals surface area contributed by atoms with Crippen LogP contribution in [0.25, 0.3) is 0 Å². The van der Waals surface area contributed by atoms with Gasteiger partial charge in [-0.25, -0.2) is 0 Å². The highest BCUT2D eigenvalue weighted by Gasteiger charge is 2.57. The van der Waals surface area contributed by atoms with Crippen LogP contribution in [0, 0.1) is 0 Å². The van der Waals surface area contributed by atoms with Crippen LogP contribution in [-0.2, 0) is 16.1 Å². The van der Waals surface area contributed by atoms with E-state index in [1.807, 2.05) is 30.3 Å². The smallest absolute Gasteiger partial charge is 0.257 e. The van der Waals surface area contributed by atoms with Crippen molar-refractivity contribution in [1.29, 1.82) is 0 Å². The van der Waals surface area contributed by atoms with Crippen LogP contribution < -0.4 is 15.1 Å². The highest BCUT2D eigenvalue weighted by Crippen LogP contribution is 2.55. The number of amides is 2. The van der Waals surface area contributed by atoms with E-state index >= 15 is 0 Å². The van der Waals surface area contributed by atoms with Crippen LogP contribution in [0.1, 0.15) is 18.4 Å². The zero-order valence-electron chi connectivity index (χ0n) is 17.1. The molecule has 1 N–H and O–H groups in total. The molecule has 3 aliphatic heterocycles. The Morgan fingerprint density at radius 2 is 1.73 bits per heavy atom. The first-order valence-corrected chi connectivity index (χ1v) is 11.3. The van der Waals surface area contributed by atoms with E-state index in [9.17, 15) is 9.59 Å². The molecular formula is C23H26N4O2S. The van der Waals surface area contributed by atoms with Crippen molar-refractivity contribution in [2.24, 2.45) is 0 Å². The summed E-state index contributed by atoms with van der Waals surface area (Å²) in [5, 5.41) is 3.16. The van der Waals surface area contributed by atoms with Gasteiger partial charge in [0.05, 0.1) is 5.69 Å².